The first-order chi connectivity index (χ1) is 21.1. The number of anilines is 1. The van der Waals surface area contributed by atoms with Crippen LogP contribution in [-0.4, -0.2) is 51.2 Å². The van der Waals surface area contributed by atoms with Crippen LogP contribution in [0.5, 0.6) is 5.75 Å². The Morgan fingerprint density at radius 3 is 2.50 bits per heavy atom. The number of ether oxygens (including phenoxy) is 1. The van der Waals surface area contributed by atoms with Gasteiger partial charge >= 0.3 is 12.4 Å². The van der Waals surface area contributed by atoms with Crippen molar-refractivity contribution in [3.05, 3.63) is 90.3 Å². The zero-order valence-corrected chi connectivity index (χ0v) is 24.8. The maximum absolute atomic E-state index is 15.1. The number of aromatic nitrogens is 3. The standard InChI is InChI=1S/C31H30F4N6O2S/c1-20(2)25-6-3-4-7-27(25)40-16-5-17-44-30(40)38-29(42)36-18-26(32)21-8-10-22(11-9-21)28-37-19-41(39-28)23-12-14-24(15-13-23)43-31(33,34)35/h3-4,6-15,19-20,26H,5,16-18H2,1-2H3,(H,36,42). The number of amides is 2. The molecule has 0 saturated carbocycles. The predicted octanol–water partition coefficient (Wildman–Crippen LogP) is 7.68. The quantitative estimate of drug-likeness (QED) is 0.202. The molecule has 1 aliphatic heterocycles. The molecule has 0 aliphatic carbocycles. The third kappa shape index (κ3) is 7.76. The average molecular weight is 627 g/mol. The molecule has 2 amide bonds. The Labute approximate surface area is 256 Å². The third-order valence-electron chi connectivity index (χ3n) is 6.82. The normalized spacial score (nSPS) is 15.4. The minimum atomic E-state index is -4.77. The number of nitrogens with zero attached hydrogens (tertiary/aromatic N) is 5. The summed E-state index contributed by atoms with van der Waals surface area (Å²) in [4.78, 5) is 23.3. The number of carbonyl (C=O) groups is 1. The molecule has 0 bridgehead atoms. The SMILES string of the molecule is CC(C)c1ccccc1N1CCCSC1=NC(=O)NCC(F)c1ccc(-c2ncn(-c3ccc(OC(F)(F)F)cc3)n2)cc1. The van der Waals surface area contributed by atoms with Crippen molar-refractivity contribution in [2.75, 3.05) is 23.7 Å². The van der Waals surface area contributed by atoms with Crippen LogP contribution >= 0.6 is 11.8 Å². The van der Waals surface area contributed by atoms with Gasteiger partial charge in [0.05, 0.1) is 12.2 Å². The lowest BCUT2D eigenvalue weighted by Gasteiger charge is -2.31. The highest BCUT2D eigenvalue weighted by Crippen LogP contribution is 2.32. The van der Waals surface area contributed by atoms with Crippen LogP contribution in [0.1, 0.15) is 43.5 Å². The van der Waals surface area contributed by atoms with E-state index in [0.29, 0.717) is 33.7 Å². The van der Waals surface area contributed by atoms with Crippen LogP contribution in [0.15, 0.2) is 84.1 Å². The smallest absolute Gasteiger partial charge is 0.406 e. The van der Waals surface area contributed by atoms with Crippen LogP contribution in [0, 0.1) is 0 Å². The fourth-order valence-corrected chi connectivity index (χ4v) is 5.63. The number of para-hydroxylation sites is 1. The number of rotatable bonds is 8. The topological polar surface area (TPSA) is 84.6 Å². The Balaban J connectivity index is 1.19. The van der Waals surface area contributed by atoms with Gasteiger partial charge < -0.3 is 15.0 Å². The van der Waals surface area contributed by atoms with Crippen molar-refractivity contribution in [3.63, 3.8) is 0 Å². The Morgan fingerprint density at radius 2 is 1.80 bits per heavy atom. The average Bonchev–Trinajstić information content (AvgIpc) is 3.50. The molecule has 44 heavy (non-hydrogen) atoms. The molecule has 4 aromatic rings. The lowest BCUT2D eigenvalue weighted by Crippen LogP contribution is -2.36. The summed E-state index contributed by atoms with van der Waals surface area (Å²) in [5, 5.41) is 7.54. The highest BCUT2D eigenvalue weighted by Gasteiger charge is 2.31. The second-order valence-electron chi connectivity index (χ2n) is 10.3. The Hall–Kier alpha value is -4.39. The number of carbonyl (C=O) groups excluding carboxylic acids is 1. The van der Waals surface area contributed by atoms with E-state index >= 15 is 4.39 Å². The lowest BCUT2D eigenvalue weighted by molar-refractivity contribution is -0.274. The van der Waals surface area contributed by atoms with Gasteiger partial charge in [-0.05, 0) is 53.8 Å². The number of halogens is 4. The van der Waals surface area contributed by atoms with Gasteiger partial charge in [-0.3, -0.25) is 0 Å². The van der Waals surface area contributed by atoms with E-state index in [-0.39, 0.29) is 12.3 Å². The van der Waals surface area contributed by atoms with Crippen molar-refractivity contribution < 1.29 is 27.1 Å². The number of alkyl halides is 4. The van der Waals surface area contributed by atoms with E-state index in [9.17, 15) is 18.0 Å². The van der Waals surface area contributed by atoms with Crippen molar-refractivity contribution in [2.45, 2.75) is 38.7 Å². The van der Waals surface area contributed by atoms with Gasteiger partial charge in [-0.25, -0.2) is 18.9 Å². The molecule has 0 spiro atoms. The molecule has 1 unspecified atom stereocenters. The number of aliphatic imine (C=N–C) groups is 1. The molecule has 2 heterocycles. The summed E-state index contributed by atoms with van der Waals surface area (Å²) in [5.41, 5.74) is 3.66. The molecule has 0 radical (unpaired) electrons. The van der Waals surface area contributed by atoms with E-state index in [1.54, 1.807) is 24.3 Å². The van der Waals surface area contributed by atoms with Gasteiger partial charge in [0, 0.05) is 23.5 Å². The van der Waals surface area contributed by atoms with Crippen molar-refractivity contribution in [3.8, 4) is 22.8 Å². The summed E-state index contributed by atoms with van der Waals surface area (Å²) in [6.07, 6.45) is -3.86. The minimum Gasteiger partial charge on any atom is -0.406 e. The summed E-state index contributed by atoms with van der Waals surface area (Å²) < 4.78 is 57.5. The Bertz CT molecular complexity index is 1610. The fraction of sp³-hybridized carbons (Fsp3) is 0.290. The van der Waals surface area contributed by atoms with Gasteiger partial charge in [0.2, 0.25) is 0 Å². The van der Waals surface area contributed by atoms with Crippen LogP contribution < -0.4 is 15.0 Å². The maximum Gasteiger partial charge on any atom is 0.573 e. The molecule has 1 atom stereocenters. The molecule has 8 nitrogen and oxygen atoms in total. The van der Waals surface area contributed by atoms with Crippen molar-refractivity contribution in [1.29, 1.82) is 0 Å². The van der Waals surface area contributed by atoms with Crippen LogP contribution in [-0.2, 0) is 0 Å². The van der Waals surface area contributed by atoms with Gasteiger partial charge in [0.25, 0.3) is 0 Å². The maximum atomic E-state index is 15.1. The highest BCUT2D eigenvalue weighted by atomic mass is 32.2. The van der Waals surface area contributed by atoms with E-state index in [4.69, 9.17) is 0 Å². The van der Waals surface area contributed by atoms with Crippen molar-refractivity contribution in [2.24, 2.45) is 4.99 Å². The first-order valence-electron chi connectivity index (χ1n) is 14.0. The number of nitrogens with one attached hydrogen (secondary N) is 1. The number of hydrogen-bond donors (Lipinski definition) is 1. The third-order valence-corrected chi connectivity index (χ3v) is 7.89. The second-order valence-corrected chi connectivity index (χ2v) is 11.4. The zero-order valence-electron chi connectivity index (χ0n) is 24.0. The van der Waals surface area contributed by atoms with Gasteiger partial charge in [-0.2, -0.15) is 4.99 Å². The monoisotopic (exact) mass is 626 g/mol. The summed E-state index contributed by atoms with van der Waals surface area (Å²) in [6.45, 7) is 4.75. The fourth-order valence-electron chi connectivity index (χ4n) is 4.68. The molecular weight excluding hydrogens is 596 g/mol. The van der Waals surface area contributed by atoms with Crippen LogP contribution in [0.25, 0.3) is 17.1 Å². The van der Waals surface area contributed by atoms with Crippen molar-refractivity contribution >= 4 is 28.6 Å². The zero-order chi connectivity index (χ0) is 31.3. The van der Waals surface area contributed by atoms with E-state index in [1.165, 1.54) is 52.6 Å². The van der Waals surface area contributed by atoms with Crippen LogP contribution in [0.4, 0.5) is 28.0 Å². The van der Waals surface area contributed by atoms with Gasteiger partial charge in [-0.15, -0.1) is 18.3 Å². The van der Waals surface area contributed by atoms with E-state index in [0.717, 1.165) is 24.4 Å². The number of urea groups is 1. The number of benzene rings is 3. The first-order valence-corrected chi connectivity index (χ1v) is 14.9. The van der Waals surface area contributed by atoms with E-state index in [1.807, 2.05) is 18.2 Å². The highest BCUT2D eigenvalue weighted by molar-refractivity contribution is 8.14. The Kier molecular flexibility index (Phi) is 9.52. The second kappa shape index (κ2) is 13.5. The summed E-state index contributed by atoms with van der Waals surface area (Å²) >= 11 is 1.51. The molecular formula is C31H30F4N6O2S. The van der Waals surface area contributed by atoms with E-state index in [2.05, 4.69) is 49.9 Å². The van der Waals surface area contributed by atoms with Crippen molar-refractivity contribution in [1.82, 2.24) is 20.1 Å². The molecule has 3 aromatic carbocycles. The number of thioether (sulfide) groups is 1. The number of hydrogen-bond acceptors (Lipinski definition) is 5. The molecule has 1 aliphatic rings. The minimum absolute atomic E-state index is 0.247. The largest absolute Gasteiger partial charge is 0.573 e. The van der Waals surface area contributed by atoms with Gasteiger partial charge in [0.1, 0.15) is 18.2 Å². The molecule has 5 rings (SSSR count). The first kappa shape index (κ1) is 31.0. The Morgan fingerprint density at radius 1 is 1.07 bits per heavy atom. The molecule has 13 heteroatoms. The molecule has 230 valence electrons. The summed E-state index contributed by atoms with van der Waals surface area (Å²) in [6, 6.07) is 19.2. The number of amidine groups is 1. The summed E-state index contributed by atoms with van der Waals surface area (Å²) in [7, 11) is 0. The summed E-state index contributed by atoms with van der Waals surface area (Å²) in [5.74, 6) is 1.16. The van der Waals surface area contributed by atoms with E-state index < -0.39 is 18.6 Å². The van der Waals surface area contributed by atoms with Crippen LogP contribution in [0.3, 0.4) is 0 Å². The van der Waals surface area contributed by atoms with Gasteiger partial charge in [-0.1, -0.05) is 68.1 Å². The predicted molar refractivity (Wildman–Crippen MR) is 163 cm³/mol. The molecule has 1 aromatic heterocycles. The lowest BCUT2D eigenvalue weighted by atomic mass is 10.0. The molecule has 1 saturated heterocycles. The molecule has 1 N–H and O–H groups in total. The van der Waals surface area contributed by atoms with Gasteiger partial charge in [0.15, 0.2) is 11.0 Å². The van der Waals surface area contributed by atoms with Crippen LogP contribution in [0.2, 0.25) is 0 Å². The molecule has 1 fully saturated rings.